The maximum absolute atomic E-state index is 5.63. The van der Waals surface area contributed by atoms with E-state index in [-0.39, 0.29) is 6.04 Å². The topological polar surface area (TPSA) is 68.8 Å². The lowest BCUT2D eigenvalue weighted by Crippen LogP contribution is -2.29. The molecule has 5 heteroatoms. The maximum atomic E-state index is 5.63. The third-order valence-electron chi connectivity index (χ3n) is 3.06. The molecule has 0 aliphatic rings. The summed E-state index contributed by atoms with van der Waals surface area (Å²) in [5.74, 6) is 5.63. The van der Waals surface area contributed by atoms with Crippen LogP contribution in [0.25, 0.3) is 0 Å². The molecule has 0 spiro atoms. The first-order valence-electron chi connectivity index (χ1n) is 6.06. The van der Waals surface area contributed by atoms with Crippen molar-refractivity contribution in [3.63, 3.8) is 0 Å². The van der Waals surface area contributed by atoms with Crippen LogP contribution in [0.2, 0.25) is 0 Å². The van der Waals surface area contributed by atoms with E-state index in [2.05, 4.69) is 28.5 Å². The molecule has 0 fully saturated rings. The smallest absolute Gasteiger partial charge is 0.0638 e. The molecule has 2 aromatic rings. The average Bonchev–Trinajstić information content (AvgIpc) is 2.78. The molecule has 0 aromatic carbocycles. The summed E-state index contributed by atoms with van der Waals surface area (Å²) in [5.41, 5.74) is 6.24. The van der Waals surface area contributed by atoms with Gasteiger partial charge in [0.15, 0.2) is 0 Å². The van der Waals surface area contributed by atoms with Crippen molar-refractivity contribution in [1.29, 1.82) is 0 Å². The highest BCUT2D eigenvalue weighted by Crippen LogP contribution is 2.19. The Bertz CT molecular complexity index is 506. The number of rotatable bonds is 5. The van der Waals surface area contributed by atoms with E-state index >= 15 is 0 Å². The van der Waals surface area contributed by atoms with Crippen molar-refractivity contribution < 1.29 is 0 Å². The molecule has 0 saturated heterocycles. The quantitative estimate of drug-likeness (QED) is 0.614. The minimum Gasteiger partial charge on any atom is -0.276 e. The molecule has 0 aliphatic heterocycles. The van der Waals surface area contributed by atoms with E-state index < -0.39 is 0 Å². The molecule has 0 aliphatic carbocycles. The maximum Gasteiger partial charge on any atom is 0.0638 e. The summed E-state index contributed by atoms with van der Waals surface area (Å²) in [6, 6.07) is 4.07. The molecule has 2 heterocycles. The van der Waals surface area contributed by atoms with Crippen molar-refractivity contribution in [1.82, 2.24) is 20.2 Å². The predicted octanol–water partition coefficient (Wildman–Crippen LogP) is 1.26. The second kappa shape index (κ2) is 5.75. The SMILES string of the molecule is Cc1cccnc1C(CCc1cnn(C)c1)NN. The number of pyridine rings is 1. The van der Waals surface area contributed by atoms with Gasteiger partial charge in [0.2, 0.25) is 0 Å². The van der Waals surface area contributed by atoms with Crippen LogP contribution in [-0.4, -0.2) is 14.8 Å². The summed E-state index contributed by atoms with van der Waals surface area (Å²) in [6.45, 7) is 2.05. The zero-order valence-electron chi connectivity index (χ0n) is 10.8. The molecule has 0 bridgehead atoms. The number of aromatic nitrogens is 3. The van der Waals surface area contributed by atoms with Crippen molar-refractivity contribution in [2.75, 3.05) is 0 Å². The van der Waals surface area contributed by atoms with Crippen molar-refractivity contribution in [3.05, 3.63) is 47.5 Å². The van der Waals surface area contributed by atoms with E-state index in [0.29, 0.717) is 0 Å². The minimum atomic E-state index is 0.0754. The summed E-state index contributed by atoms with van der Waals surface area (Å²) < 4.78 is 1.81. The van der Waals surface area contributed by atoms with Crippen molar-refractivity contribution in [2.45, 2.75) is 25.8 Å². The molecule has 1 atom stereocenters. The molecule has 0 amide bonds. The molecule has 5 nitrogen and oxygen atoms in total. The van der Waals surface area contributed by atoms with Crippen LogP contribution < -0.4 is 11.3 Å². The van der Waals surface area contributed by atoms with Crippen LogP contribution in [-0.2, 0) is 13.5 Å². The van der Waals surface area contributed by atoms with Gasteiger partial charge in [0, 0.05) is 19.4 Å². The Balaban J connectivity index is 2.04. The number of nitrogens with one attached hydrogen (secondary N) is 1. The number of hydrazine groups is 1. The fourth-order valence-corrected chi connectivity index (χ4v) is 2.07. The molecule has 96 valence electrons. The largest absolute Gasteiger partial charge is 0.276 e. The van der Waals surface area contributed by atoms with Gasteiger partial charge < -0.3 is 0 Å². The first-order chi connectivity index (χ1) is 8.70. The molecule has 0 radical (unpaired) electrons. The molecule has 2 rings (SSSR count). The Morgan fingerprint density at radius 3 is 2.94 bits per heavy atom. The number of hydrogen-bond acceptors (Lipinski definition) is 4. The van der Waals surface area contributed by atoms with E-state index in [1.54, 1.807) is 6.20 Å². The lowest BCUT2D eigenvalue weighted by molar-refractivity contribution is 0.502. The second-order valence-corrected chi connectivity index (χ2v) is 4.49. The molecule has 18 heavy (non-hydrogen) atoms. The van der Waals surface area contributed by atoms with Crippen molar-refractivity contribution >= 4 is 0 Å². The lowest BCUT2D eigenvalue weighted by atomic mass is 10.0. The van der Waals surface area contributed by atoms with Gasteiger partial charge in [-0.2, -0.15) is 5.10 Å². The second-order valence-electron chi connectivity index (χ2n) is 4.49. The average molecular weight is 245 g/mol. The number of nitrogens with two attached hydrogens (primary N) is 1. The minimum absolute atomic E-state index is 0.0754. The monoisotopic (exact) mass is 245 g/mol. The zero-order chi connectivity index (χ0) is 13.0. The van der Waals surface area contributed by atoms with Gasteiger partial charge in [-0.05, 0) is 37.0 Å². The molecule has 2 aromatic heterocycles. The highest BCUT2D eigenvalue weighted by molar-refractivity contribution is 5.21. The molecular formula is C13H19N5. The van der Waals surface area contributed by atoms with Gasteiger partial charge in [0.1, 0.15) is 0 Å². The summed E-state index contributed by atoms with van der Waals surface area (Å²) in [6.07, 6.45) is 7.55. The number of aryl methyl sites for hydroxylation is 3. The lowest BCUT2D eigenvalue weighted by Gasteiger charge is -2.16. The normalized spacial score (nSPS) is 12.6. The Kier molecular flexibility index (Phi) is 4.07. The van der Waals surface area contributed by atoms with Crippen LogP contribution in [0, 0.1) is 6.92 Å². The zero-order valence-corrected chi connectivity index (χ0v) is 10.8. The van der Waals surface area contributed by atoms with E-state index in [9.17, 15) is 0 Å². The summed E-state index contributed by atoms with van der Waals surface area (Å²) >= 11 is 0. The van der Waals surface area contributed by atoms with E-state index in [1.807, 2.05) is 30.2 Å². The molecule has 0 saturated carbocycles. The van der Waals surface area contributed by atoms with Gasteiger partial charge in [-0.15, -0.1) is 0 Å². The summed E-state index contributed by atoms with van der Waals surface area (Å²) in [4.78, 5) is 4.40. The van der Waals surface area contributed by atoms with E-state index in [0.717, 1.165) is 24.1 Å². The van der Waals surface area contributed by atoms with Gasteiger partial charge in [0.05, 0.1) is 17.9 Å². The van der Waals surface area contributed by atoms with E-state index in [4.69, 9.17) is 5.84 Å². The van der Waals surface area contributed by atoms with Crippen LogP contribution in [0.15, 0.2) is 30.7 Å². The van der Waals surface area contributed by atoms with Gasteiger partial charge >= 0.3 is 0 Å². The third-order valence-corrected chi connectivity index (χ3v) is 3.06. The van der Waals surface area contributed by atoms with Crippen LogP contribution in [0.5, 0.6) is 0 Å². The van der Waals surface area contributed by atoms with Gasteiger partial charge in [-0.25, -0.2) is 0 Å². The molecule has 1 unspecified atom stereocenters. The van der Waals surface area contributed by atoms with Gasteiger partial charge in [0.25, 0.3) is 0 Å². The third kappa shape index (κ3) is 2.94. The number of nitrogens with zero attached hydrogens (tertiary/aromatic N) is 3. The predicted molar refractivity (Wildman–Crippen MR) is 70.6 cm³/mol. The highest BCUT2D eigenvalue weighted by Gasteiger charge is 2.13. The molecular weight excluding hydrogens is 226 g/mol. The van der Waals surface area contributed by atoms with Gasteiger partial charge in [-0.3, -0.25) is 20.9 Å². The van der Waals surface area contributed by atoms with Crippen LogP contribution in [0.3, 0.4) is 0 Å². The fourth-order valence-electron chi connectivity index (χ4n) is 2.07. The Labute approximate surface area is 107 Å². The number of hydrogen-bond donors (Lipinski definition) is 2. The first kappa shape index (κ1) is 12.7. The summed E-state index contributed by atoms with van der Waals surface area (Å²) in [5, 5.41) is 4.16. The first-order valence-corrected chi connectivity index (χ1v) is 6.06. The highest BCUT2D eigenvalue weighted by atomic mass is 15.2. The standard InChI is InChI=1S/C13H19N5/c1-10-4-3-7-15-13(10)12(17-14)6-5-11-8-16-18(2)9-11/h3-4,7-9,12,17H,5-6,14H2,1-2H3. The van der Waals surface area contributed by atoms with Crippen LogP contribution in [0.1, 0.15) is 29.3 Å². The Morgan fingerprint density at radius 1 is 1.50 bits per heavy atom. The summed E-state index contributed by atoms with van der Waals surface area (Å²) in [7, 11) is 1.92. The van der Waals surface area contributed by atoms with Crippen LogP contribution >= 0.6 is 0 Å². The Hall–Kier alpha value is -1.72. The van der Waals surface area contributed by atoms with Crippen LogP contribution in [0.4, 0.5) is 0 Å². The fraction of sp³-hybridized carbons (Fsp3) is 0.385. The van der Waals surface area contributed by atoms with E-state index in [1.165, 1.54) is 5.56 Å². The van der Waals surface area contributed by atoms with Crippen molar-refractivity contribution in [3.8, 4) is 0 Å². The van der Waals surface area contributed by atoms with Crippen molar-refractivity contribution in [2.24, 2.45) is 12.9 Å². The Morgan fingerprint density at radius 2 is 2.33 bits per heavy atom. The van der Waals surface area contributed by atoms with Gasteiger partial charge in [-0.1, -0.05) is 6.07 Å². The molecule has 3 N–H and O–H groups in total.